The largest absolute Gasteiger partial charge is 0.346 e. The second-order valence-corrected chi connectivity index (χ2v) is 9.40. The van der Waals surface area contributed by atoms with Crippen molar-refractivity contribution in [3.05, 3.63) is 82.4 Å². The molecule has 1 aromatic carbocycles. The van der Waals surface area contributed by atoms with E-state index in [1.54, 1.807) is 16.2 Å². The van der Waals surface area contributed by atoms with Crippen LogP contribution in [0.3, 0.4) is 0 Å². The number of nitrogens with one attached hydrogen (secondary N) is 1. The number of amides is 2. The van der Waals surface area contributed by atoms with E-state index in [1.165, 1.54) is 0 Å². The summed E-state index contributed by atoms with van der Waals surface area (Å²) in [5, 5.41) is 13.6. The maximum Gasteiger partial charge on any atom is 0.227 e. The summed E-state index contributed by atoms with van der Waals surface area (Å²) in [7, 11) is 0. The Bertz CT molecular complexity index is 1280. The van der Waals surface area contributed by atoms with E-state index in [9.17, 15) is 9.59 Å². The van der Waals surface area contributed by atoms with Crippen molar-refractivity contribution in [2.24, 2.45) is 5.92 Å². The fourth-order valence-electron chi connectivity index (χ4n) is 4.50. The zero-order valence-electron chi connectivity index (χ0n) is 18.5. The number of nitrogens with zero attached hydrogens (tertiary/aromatic N) is 4. The number of hydrogen-bond donors (Lipinski definition) is 1. The first-order valence-electron chi connectivity index (χ1n) is 11.0. The minimum atomic E-state index is -0.371. The topological polar surface area (TPSA) is 79.6 Å². The molecule has 3 aromatic heterocycles. The molecule has 1 N–H and O–H groups in total. The lowest BCUT2D eigenvalue weighted by Crippen LogP contribution is -2.48. The smallest absolute Gasteiger partial charge is 0.227 e. The van der Waals surface area contributed by atoms with E-state index in [4.69, 9.17) is 0 Å². The second kappa shape index (κ2) is 8.78. The summed E-state index contributed by atoms with van der Waals surface area (Å²) < 4.78 is 1.88. The number of piperidine rings is 1. The molecule has 0 radical (unpaired) electrons. The van der Waals surface area contributed by atoms with Crippen LogP contribution in [0, 0.1) is 12.8 Å². The SMILES string of the molecule is Cc1ccc(N2C(=O)CCC(C(=O)NC(C)c3nnc4ccccn34)C2c2cccs2)cc1. The minimum absolute atomic E-state index is 0.0396. The molecular weight excluding hydrogens is 434 g/mol. The molecule has 5 rings (SSSR count). The van der Waals surface area contributed by atoms with Gasteiger partial charge in [0.15, 0.2) is 11.5 Å². The summed E-state index contributed by atoms with van der Waals surface area (Å²) in [5.74, 6) is 0.259. The van der Waals surface area contributed by atoms with Gasteiger partial charge in [-0.3, -0.25) is 14.0 Å². The van der Waals surface area contributed by atoms with Crippen LogP contribution in [0.4, 0.5) is 5.69 Å². The van der Waals surface area contributed by atoms with Crippen molar-refractivity contribution in [3.8, 4) is 0 Å². The third-order valence-electron chi connectivity index (χ3n) is 6.17. The average molecular weight is 460 g/mol. The van der Waals surface area contributed by atoms with Crippen LogP contribution in [0.15, 0.2) is 66.2 Å². The van der Waals surface area contributed by atoms with Crippen LogP contribution in [-0.4, -0.2) is 26.4 Å². The quantitative estimate of drug-likeness (QED) is 0.478. The maximum atomic E-state index is 13.6. The second-order valence-electron chi connectivity index (χ2n) is 8.42. The van der Waals surface area contributed by atoms with Crippen molar-refractivity contribution < 1.29 is 9.59 Å². The number of rotatable bonds is 5. The Labute approximate surface area is 196 Å². The number of anilines is 1. The lowest BCUT2D eigenvalue weighted by atomic mass is 9.86. The van der Waals surface area contributed by atoms with Crippen molar-refractivity contribution in [2.75, 3.05) is 4.90 Å². The molecular formula is C25H25N5O2S. The van der Waals surface area contributed by atoms with Gasteiger partial charge in [-0.05, 0) is 56.0 Å². The van der Waals surface area contributed by atoms with Gasteiger partial charge >= 0.3 is 0 Å². The lowest BCUT2D eigenvalue weighted by Gasteiger charge is -2.40. The van der Waals surface area contributed by atoms with Crippen LogP contribution < -0.4 is 10.2 Å². The number of aromatic nitrogens is 3. The summed E-state index contributed by atoms with van der Waals surface area (Å²) in [6, 6.07) is 16.9. The van der Waals surface area contributed by atoms with Gasteiger partial charge in [-0.25, -0.2) is 0 Å². The standard InChI is InChI=1S/C25H25N5O2S/c1-16-8-10-18(11-9-16)30-22(31)13-12-19(23(30)20-6-5-15-33-20)25(32)26-17(2)24-28-27-21-7-3-4-14-29(21)24/h3-11,14-15,17,19,23H,12-13H2,1-2H3,(H,26,32). The molecule has 3 atom stereocenters. The van der Waals surface area contributed by atoms with E-state index in [-0.39, 0.29) is 29.8 Å². The molecule has 0 aliphatic carbocycles. The summed E-state index contributed by atoms with van der Waals surface area (Å²) in [6.45, 7) is 3.93. The van der Waals surface area contributed by atoms with Gasteiger partial charge in [-0.15, -0.1) is 21.5 Å². The summed E-state index contributed by atoms with van der Waals surface area (Å²) >= 11 is 1.57. The van der Waals surface area contributed by atoms with Crippen LogP contribution in [0.25, 0.3) is 5.65 Å². The van der Waals surface area contributed by atoms with E-state index >= 15 is 0 Å². The average Bonchev–Trinajstić information content (AvgIpc) is 3.50. The third-order valence-corrected chi connectivity index (χ3v) is 7.11. The Morgan fingerprint density at radius 1 is 1.12 bits per heavy atom. The monoisotopic (exact) mass is 459 g/mol. The van der Waals surface area contributed by atoms with Crippen LogP contribution in [0.1, 0.15) is 48.1 Å². The van der Waals surface area contributed by atoms with Gasteiger partial charge in [0, 0.05) is 23.2 Å². The molecule has 2 amide bonds. The van der Waals surface area contributed by atoms with Gasteiger partial charge in [0.2, 0.25) is 11.8 Å². The van der Waals surface area contributed by atoms with E-state index in [0.29, 0.717) is 18.7 Å². The van der Waals surface area contributed by atoms with E-state index in [1.807, 2.05) is 84.4 Å². The van der Waals surface area contributed by atoms with Gasteiger partial charge in [0.25, 0.3) is 0 Å². The molecule has 1 aliphatic rings. The summed E-state index contributed by atoms with van der Waals surface area (Å²) in [5.41, 5.74) is 2.68. The molecule has 3 unspecified atom stereocenters. The summed E-state index contributed by atoms with van der Waals surface area (Å²) in [4.78, 5) is 29.5. The highest BCUT2D eigenvalue weighted by Gasteiger charge is 2.42. The number of pyridine rings is 1. The highest BCUT2D eigenvalue weighted by Crippen LogP contribution is 2.42. The molecule has 33 heavy (non-hydrogen) atoms. The number of carbonyl (C=O) groups is 2. The normalized spacial score (nSPS) is 19.6. The van der Waals surface area contributed by atoms with Gasteiger partial charge in [-0.2, -0.15) is 0 Å². The van der Waals surface area contributed by atoms with Gasteiger partial charge in [0.05, 0.1) is 18.0 Å². The Hall–Kier alpha value is -3.52. The van der Waals surface area contributed by atoms with Gasteiger partial charge in [0.1, 0.15) is 0 Å². The predicted molar refractivity (Wildman–Crippen MR) is 128 cm³/mol. The lowest BCUT2D eigenvalue weighted by molar-refractivity contribution is -0.129. The number of carbonyl (C=O) groups excluding carboxylic acids is 2. The predicted octanol–water partition coefficient (Wildman–Crippen LogP) is 4.46. The molecule has 4 heterocycles. The Balaban J connectivity index is 1.46. The Kier molecular flexibility index (Phi) is 5.68. The van der Waals surface area contributed by atoms with Gasteiger partial charge in [-0.1, -0.05) is 29.8 Å². The molecule has 0 bridgehead atoms. The number of aryl methyl sites for hydroxylation is 1. The van der Waals surface area contributed by atoms with Crippen molar-refractivity contribution in [2.45, 2.75) is 38.8 Å². The minimum Gasteiger partial charge on any atom is -0.346 e. The highest BCUT2D eigenvalue weighted by molar-refractivity contribution is 7.10. The summed E-state index contributed by atoms with van der Waals surface area (Å²) in [6.07, 6.45) is 2.72. The third kappa shape index (κ3) is 4.02. The van der Waals surface area contributed by atoms with Gasteiger partial charge < -0.3 is 10.2 Å². The first-order chi connectivity index (χ1) is 16.0. The molecule has 0 saturated carbocycles. The van der Waals surface area contributed by atoms with Crippen LogP contribution in [-0.2, 0) is 9.59 Å². The number of benzene rings is 1. The number of fused-ring (bicyclic) bond motifs is 1. The molecule has 0 spiro atoms. The van der Waals surface area contributed by atoms with E-state index < -0.39 is 0 Å². The molecule has 1 aliphatic heterocycles. The van der Waals surface area contributed by atoms with Crippen molar-refractivity contribution in [3.63, 3.8) is 0 Å². The Morgan fingerprint density at radius 3 is 2.70 bits per heavy atom. The molecule has 1 fully saturated rings. The van der Waals surface area contributed by atoms with E-state index in [0.717, 1.165) is 21.8 Å². The first kappa shape index (κ1) is 21.3. The number of thiophene rings is 1. The Morgan fingerprint density at radius 2 is 1.94 bits per heavy atom. The zero-order valence-corrected chi connectivity index (χ0v) is 19.3. The van der Waals surface area contributed by atoms with Crippen molar-refractivity contribution >= 4 is 34.5 Å². The fraction of sp³-hybridized carbons (Fsp3) is 0.280. The highest BCUT2D eigenvalue weighted by atomic mass is 32.1. The van der Waals surface area contributed by atoms with Crippen molar-refractivity contribution in [1.29, 1.82) is 0 Å². The molecule has 7 nitrogen and oxygen atoms in total. The molecule has 8 heteroatoms. The molecule has 4 aromatic rings. The molecule has 1 saturated heterocycles. The molecule has 168 valence electrons. The zero-order chi connectivity index (χ0) is 22.9. The first-order valence-corrected chi connectivity index (χ1v) is 11.9. The number of hydrogen-bond acceptors (Lipinski definition) is 5. The van der Waals surface area contributed by atoms with Crippen LogP contribution >= 0.6 is 11.3 Å². The van der Waals surface area contributed by atoms with Crippen LogP contribution in [0.5, 0.6) is 0 Å². The van der Waals surface area contributed by atoms with Crippen LogP contribution in [0.2, 0.25) is 0 Å². The maximum absolute atomic E-state index is 13.6. The fourth-order valence-corrected chi connectivity index (χ4v) is 5.38. The van der Waals surface area contributed by atoms with E-state index in [2.05, 4.69) is 15.5 Å². The van der Waals surface area contributed by atoms with Crippen molar-refractivity contribution in [1.82, 2.24) is 19.9 Å².